The summed E-state index contributed by atoms with van der Waals surface area (Å²) >= 11 is 3.40. The second-order valence-electron chi connectivity index (χ2n) is 4.82. The number of carbonyl (C=O) groups excluding carboxylic acids is 1. The van der Waals surface area contributed by atoms with Gasteiger partial charge in [0.25, 0.3) is 0 Å². The van der Waals surface area contributed by atoms with Crippen molar-refractivity contribution in [2.45, 2.75) is 6.92 Å². The van der Waals surface area contributed by atoms with E-state index in [1.165, 1.54) is 6.08 Å². The van der Waals surface area contributed by atoms with Crippen molar-refractivity contribution in [2.24, 2.45) is 0 Å². The normalized spacial score (nSPS) is 11.2. The minimum absolute atomic E-state index is 0.185. The molecule has 110 valence electrons. The number of rotatable bonds is 4. The van der Waals surface area contributed by atoms with E-state index in [-0.39, 0.29) is 5.78 Å². The van der Waals surface area contributed by atoms with Crippen molar-refractivity contribution >= 4 is 27.8 Å². The minimum Gasteiger partial charge on any atom is -0.458 e. The van der Waals surface area contributed by atoms with E-state index in [1.807, 2.05) is 36.4 Å². The molecule has 3 nitrogen and oxygen atoms in total. The molecule has 0 aliphatic heterocycles. The lowest BCUT2D eigenvalue weighted by Crippen LogP contribution is -1.90. The maximum Gasteiger partial charge on any atom is 0.221 e. The lowest BCUT2D eigenvalue weighted by atomic mass is 10.2. The summed E-state index contributed by atoms with van der Waals surface area (Å²) in [6.45, 7) is 1.80. The van der Waals surface area contributed by atoms with E-state index in [9.17, 15) is 4.79 Å². The number of hydrogen-bond donors (Lipinski definition) is 0. The molecule has 3 aromatic rings. The number of aryl methyl sites for hydroxylation is 1. The molecule has 0 aliphatic rings. The van der Waals surface area contributed by atoms with Crippen molar-refractivity contribution in [3.05, 3.63) is 76.4 Å². The van der Waals surface area contributed by atoms with E-state index in [4.69, 9.17) is 8.83 Å². The van der Waals surface area contributed by atoms with Crippen LogP contribution in [0.5, 0.6) is 0 Å². The summed E-state index contributed by atoms with van der Waals surface area (Å²) in [6, 6.07) is 15.0. The molecule has 0 unspecified atom stereocenters. The Morgan fingerprint density at radius 1 is 1.00 bits per heavy atom. The summed E-state index contributed by atoms with van der Waals surface area (Å²) in [6.07, 6.45) is 3.09. The first-order valence-electron chi connectivity index (χ1n) is 6.76. The highest BCUT2D eigenvalue weighted by atomic mass is 79.9. The van der Waals surface area contributed by atoms with E-state index in [2.05, 4.69) is 15.9 Å². The third-order valence-electron chi connectivity index (χ3n) is 3.14. The molecule has 22 heavy (non-hydrogen) atoms. The number of furan rings is 2. The summed E-state index contributed by atoms with van der Waals surface area (Å²) in [4.78, 5) is 11.9. The van der Waals surface area contributed by atoms with Crippen LogP contribution in [0.25, 0.3) is 17.4 Å². The Balaban J connectivity index is 1.75. The Bertz CT molecular complexity index is 822. The average molecular weight is 357 g/mol. The van der Waals surface area contributed by atoms with Gasteiger partial charge in [0, 0.05) is 10.0 Å². The van der Waals surface area contributed by atoms with Crippen LogP contribution in [0.4, 0.5) is 0 Å². The van der Waals surface area contributed by atoms with Gasteiger partial charge in [-0.1, -0.05) is 28.1 Å². The van der Waals surface area contributed by atoms with Gasteiger partial charge in [-0.15, -0.1) is 0 Å². The standard InChI is InChI=1S/C18H13BrO3/c1-12-2-10-18(21-12)16(20)9-7-15-8-11-17(22-15)13-3-5-14(19)6-4-13/h2-11H,1H3. The zero-order valence-electron chi connectivity index (χ0n) is 11.9. The second kappa shape index (κ2) is 6.20. The molecule has 0 spiro atoms. The molecule has 1 aromatic carbocycles. The summed E-state index contributed by atoms with van der Waals surface area (Å²) < 4.78 is 12.0. The monoisotopic (exact) mass is 356 g/mol. The fraction of sp³-hybridized carbons (Fsp3) is 0.0556. The largest absolute Gasteiger partial charge is 0.458 e. The predicted octanol–water partition coefficient (Wildman–Crippen LogP) is 5.51. The zero-order valence-corrected chi connectivity index (χ0v) is 13.5. The summed E-state index contributed by atoms with van der Waals surface area (Å²) in [7, 11) is 0. The summed E-state index contributed by atoms with van der Waals surface area (Å²) in [5.41, 5.74) is 0.982. The lowest BCUT2D eigenvalue weighted by Gasteiger charge is -1.96. The quantitative estimate of drug-likeness (QED) is 0.457. The van der Waals surface area contributed by atoms with E-state index < -0.39 is 0 Å². The Labute approximate surface area is 136 Å². The fourth-order valence-electron chi connectivity index (χ4n) is 2.02. The maximum absolute atomic E-state index is 11.9. The Kier molecular flexibility index (Phi) is 4.11. The topological polar surface area (TPSA) is 43.4 Å². The smallest absolute Gasteiger partial charge is 0.221 e. The highest BCUT2D eigenvalue weighted by molar-refractivity contribution is 9.10. The van der Waals surface area contributed by atoms with Crippen molar-refractivity contribution in [3.63, 3.8) is 0 Å². The van der Waals surface area contributed by atoms with Crippen LogP contribution in [0.15, 0.2) is 67.9 Å². The maximum atomic E-state index is 11.9. The van der Waals surface area contributed by atoms with Crippen LogP contribution in [0.1, 0.15) is 22.1 Å². The van der Waals surface area contributed by atoms with Gasteiger partial charge in [-0.3, -0.25) is 4.79 Å². The van der Waals surface area contributed by atoms with Gasteiger partial charge in [-0.2, -0.15) is 0 Å². The van der Waals surface area contributed by atoms with E-state index in [0.29, 0.717) is 17.3 Å². The molecule has 0 bridgehead atoms. The first kappa shape index (κ1) is 14.6. The van der Waals surface area contributed by atoms with Gasteiger partial charge >= 0.3 is 0 Å². The van der Waals surface area contributed by atoms with Crippen molar-refractivity contribution in [3.8, 4) is 11.3 Å². The number of hydrogen-bond acceptors (Lipinski definition) is 3. The second-order valence-corrected chi connectivity index (χ2v) is 5.73. The molecule has 4 heteroatoms. The highest BCUT2D eigenvalue weighted by Gasteiger charge is 2.07. The molecular weight excluding hydrogens is 344 g/mol. The lowest BCUT2D eigenvalue weighted by molar-refractivity contribution is 0.102. The molecule has 2 aromatic heterocycles. The molecule has 0 N–H and O–H groups in total. The molecule has 0 saturated carbocycles. The van der Waals surface area contributed by atoms with Gasteiger partial charge in [-0.05, 0) is 55.5 Å². The first-order chi connectivity index (χ1) is 10.6. The van der Waals surface area contributed by atoms with Gasteiger partial charge in [-0.25, -0.2) is 0 Å². The number of benzene rings is 1. The van der Waals surface area contributed by atoms with Crippen LogP contribution in [-0.2, 0) is 0 Å². The highest BCUT2D eigenvalue weighted by Crippen LogP contribution is 2.24. The van der Waals surface area contributed by atoms with Crippen LogP contribution in [0.3, 0.4) is 0 Å². The van der Waals surface area contributed by atoms with Crippen LogP contribution < -0.4 is 0 Å². The molecule has 3 rings (SSSR count). The summed E-state index contributed by atoms with van der Waals surface area (Å²) in [5.74, 6) is 2.23. The van der Waals surface area contributed by atoms with Crippen molar-refractivity contribution in [1.82, 2.24) is 0 Å². The molecule has 2 heterocycles. The molecule has 0 saturated heterocycles. The molecule has 0 fully saturated rings. The van der Waals surface area contributed by atoms with Gasteiger partial charge in [0.1, 0.15) is 17.3 Å². The fourth-order valence-corrected chi connectivity index (χ4v) is 2.28. The zero-order chi connectivity index (χ0) is 15.5. The van der Waals surface area contributed by atoms with E-state index in [1.54, 1.807) is 25.1 Å². The minimum atomic E-state index is -0.185. The molecule has 0 radical (unpaired) electrons. The van der Waals surface area contributed by atoms with Gasteiger partial charge < -0.3 is 8.83 Å². The molecule has 0 aliphatic carbocycles. The van der Waals surface area contributed by atoms with Crippen molar-refractivity contribution in [2.75, 3.05) is 0 Å². The number of allylic oxidation sites excluding steroid dienone is 1. The van der Waals surface area contributed by atoms with Crippen LogP contribution in [0.2, 0.25) is 0 Å². The first-order valence-corrected chi connectivity index (χ1v) is 7.56. The van der Waals surface area contributed by atoms with E-state index >= 15 is 0 Å². The Morgan fingerprint density at radius 2 is 1.77 bits per heavy atom. The van der Waals surface area contributed by atoms with Crippen LogP contribution in [-0.4, -0.2) is 5.78 Å². The molecule has 0 atom stereocenters. The molecular formula is C18H13BrO3. The third kappa shape index (κ3) is 3.28. The van der Waals surface area contributed by atoms with Crippen molar-refractivity contribution < 1.29 is 13.6 Å². The van der Waals surface area contributed by atoms with E-state index in [0.717, 1.165) is 15.8 Å². The summed E-state index contributed by atoms with van der Waals surface area (Å²) in [5, 5.41) is 0. The van der Waals surface area contributed by atoms with Gasteiger partial charge in [0.05, 0.1) is 0 Å². The SMILES string of the molecule is Cc1ccc(C(=O)C=Cc2ccc(-c3ccc(Br)cc3)o2)o1. The Morgan fingerprint density at radius 3 is 2.45 bits per heavy atom. The number of ketones is 1. The Hall–Kier alpha value is -2.33. The number of halogens is 1. The van der Waals surface area contributed by atoms with Gasteiger partial charge in [0.15, 0.2) is 5.76 Å². The third-order valence-corrected chi connectivity index (χ3v) is 3.67. The number of carbonyl (C=O) groups is 1. The van der Waals surface area contributed by atoms with Crippen molar-refractivity contribution in [1.29, 1.82) is 0 Å². The predicted molar refractivity (Wildman–Crippen MR) is 88.7 cm³/mol. The van der Waals surface area contributed by atoms with Crippen LogP contribution in [0, 0.1) is 6.92 Å². The van der Waals surface area contributed by atoms with Crippen LogP contribution >= 0.6 is 15.9 Å². The van der Waals surface area contributed by atoms with Gasteiger partial charge in [0.2, 0.25) is 5.78 Å². The molecule has 0 amide bonds. The average Bonchev–Trinajstić information content (AvgIpc) is 3.15.